The molecular weight excluding hydrogens is 648 g/mol. The van der Waals surface area contributed by atoms with Gasteiger partial charge in [0.05, 0.1) is 11.2 Å². The molecule has 0 saturated heterocycles. The number of carbonyl (C=O) groups excluding carboxylic acids is 3. The van der Waals surface area contributed by atoms with Gasteiger partial charge in [0.25, 0.3) is 0 Å². The monoisotopic (exact) mass is 690 g/mol. The van der Waals surface area contributed by atoms with Crippen molar-refractivity contribution >= 4 is 42.1 Å². The predicted molar refractivity (Wildman–Crippen MR) is 174 cm³/mol. The second kappa shape index (κ2) is 15.6. The Labute approximate surface area is 281 Å². The van der Waals surface area contributed by atoms with E-state index in [2.05, 4.69) is 21.3 Å². The minimum atomic E-state index is -4.53. The third-order valence-corrected chi connectivity index (χ3v) is 8.70. The van der Waals surface area contributed by atoms with Crippen molar-refractivity contribution in [2.75, 3.05) is 5.32 Å². The average Bonchev–Trinajstić information content (AvgIpc) is 3.23. The number of aryl methyl sites for hydroxylation is 1. The number of fused-ring (bicyclic) bond motifs is 1. The van der Waals surface area contributed by atoms with E-state index in [0.29, 0.717) is 35.9 Å². The molecule has 10 N–H and O–H groups in total. The first-order valence-corrected chi connectivity index (χ1v) is 16.0. The zero-order valence-electron chi connectivity index (χ0n) is 27.2. The highest BCUT2D eigenvalue weighted by atomic mass is 19.4. The first-order chi connectivity index (χ1) is 22.9. The van der Waals surface area contributed by atoms with Crippen molar-refractivity contribution in [3.05, 3.63) is 59.2 Å². The van der Waals surface area contributed by atoms with E-state index < -0.39 is 60.4 Å². The summed E-state index contributed by atoms with van der Waals surface area (Å²) >= 11 is 0. The summed E-state index contributed by atoms with van der Waals surface area (Å²) in [5, 5.41) is 29.9. The topological polar surface area (TPSA) is 218 Å². The number of carbonyl (C=O) groups is 4. The fraction of sp³-hybridized carbons (Fsp3) is 0.500. The second-order valence-corrected chi connectivity index (χ2v) is 13.1. The Morgan fingerprint density at radius 3 is 2.20 bits per heavy atom. The number of amides is 4. The van der Waals surface area contributed by atoms with Crippen LogP contribution in [0.4, 0.5) is 23.7 Å². The summed E-state index contributed by atoms with van der Waals surface area (Å²) in [7, 11) is -1.23. The van der Waals surface area contributed by atoms with Gasteiger partial charge in [-0.3, -0.25) is 14.4 Å². The van der Waals surface area contributed by atoms with Crippen LogP contribution in [-0.4, -0.2) is 71.3 Å². The normalized spacial score (nSPS) is 21.2. The van der Waals surface area contributed by atoms with E-state index in [1.807, 2.05) is 0 Å². The number of benzene rings is 2. The van der Waals surface area contributed by atoms with Crippen LogP contribution in [0.5, 0.6) is 0 Å². The fourth-order valence-corrected chi connectivity index (χ4v) is 6.26. The first-order valence-electron chi connectivity index (χ1n) is 16.0. The van der Waals surface area contributed by atoms with Crippen molar-refractivity contribution in [1.82, 2.24) is 16.0 Å². The molecule has 17 heteroatoms. The third kappa shape index (κ3) is 10.4. The number of hydrogen-bond donors (Lipinski definition) is 8. The summed E-state index contributed by atoms with van der Waals surface area (Å²) in [6, 6.07) is 5.85. The maximum Gasteiger partial charge on any atom is 0.492 e. The molecule has 2 aromatic rings. The predicted octanol–water partition coefficient (Wildman–Crippen LogP) is 1.45. The van der Waals surface area contributed by atoms with Crippen LogP contribution in [0.25, 0.3) is 0 Å². The van der Waals surface area contributed by atoms with Crippen molar-refractivity contribution < 1.29 is 47.1 Å². The Bertz CT molecular complexity index is 1520. The Kier molecular flexibility index (Phi) is 12.0. The molecule has 4 rings (SSSR count). The van der Waals surface area contributed by atoms with E-state index in [9.17, 15) is 42.5 Å². The Morgan fingerprint density at radius 2 is 1.59 bits per heavy atom. The van der Waals surface area contributed by atoms with Gasteiger partial charge in [-0.05, 0) is 93.2 Å². The van der Waals surface area contributed by atoms with Gasteiger partial charge in [-0.1, -0.05) is 18.2 Å². The number of alkyl halides is 3. The highest BCUT2D eigenvalue weighted by molar-refractivity contribution is 6.62. The number of hydrogen-bond acceptors (Lipinski definition) is 8. The summed E-state index contributed by atoms with van der Waals surface area (Å²) in [6.07, 6.45) is -4.83. The second-order valence-electron chi connectivity index (χ2n) is 13.1. The van der Waals surface area contributed by atoms with Crippen LogP contribution < -0.4 is 38.2 Å². The lowest BCUT2D eigenvalue weighted by Crippen LogP contribution is -2.53. The molecule has 1 aliphatic heterocycles. The van der Waals surface area contributed by atoms with Gasteiger partial charge in [0.15, 0.2) is 0 Å². The lowest BCUT2D eigenvalue weighted by Gasteiger charge is -2.31. The Balaban J connectivity index is 1.47. The summed E-state index contributed by atoms with van der Waals surface area (Å²) in [5.74, 6) is -2.02. The van der Waals surface area contributed by atoms with Gasteiger partial charge in [0.1, 0.15) is 12.1 Å². The molecule has 5 atom stereocenters. The molecule has 4 amide bonds. The van der Waals surface area contributed by atoms with Gasteiger partial charge in [-0.25, -0.2) is 4.79 Å². The van der Waals surface area contributed by atoms with Crippen LogP contribution in [0.1, 0.15) is 69.1 Å². The Hall–Kier alpha value is -4.19. The van der Waals surface area contributed by atoms with E-state index in [-0.39, 0.29) is 49.5 Å². The van der Waals surface area contributed by atoms with Gasteiger partial charge in [-0.2, -0.15) is 13.2 Å². The lowest BCUT2D eigenvalue weighted by molar-refractivity contribution is -0.137. The standard InChI is InChI=1S/C32H42BF3N6O7/c1-31(2)23-9-8-21(16-24(23)33(48)49-31)40-28(44)25(10-5-17-3-6-18(7-4-17)32(34,35)36)41-29(45)26(42-30(46)47)11-12-27(43)39-22-14-19(37)13-20(38)15-22/h3-4,6-9,16,19-20,22,25-26,42,48H,5,10-15,37-38H2,1-2H3,(H,39,43)(H,40,44)(H,41,45)(H,46,47)/t19-,20+,22+,25-,26+/m1/s1. The van der Waals surface area contributed by atoms with Crippen LogP contribution in [0.3, 0.4) is 0 Å². The highest BCUT2D eigenvalue weighted by Crippen LogP contribution is 2.31. The van der Waals surface area contributed by atoms with Gasteiger partial charge in [0.2, 0.25) is 17.7 Å². The van der Waals surface area contributed by atoms with Crippen molar-refractivity contribution in [3.63, 3.8) is 0 Å². The van der Waals surface area contributed by atoms with E-state index in [1.165, 1.54) is 18.2 Å². The number of rotatable bonds is 12. The fourth-order valence-electron chi connectivity index (χ4n) is 6.26. The molecule has 49 heavy (non-hydrogen) atoms. The smallest absolute Gasteiger partial charge is 0.465 e. The van der Waals surface area contributed by atoms with Gasteiger partial charge < -0.3 is 47.5 Å². The molecule has 1 aliphatic carbocycles. The summed E-state index contributed by atoms with van der Waals surface area (Å²) < 4.78 is 44.7. The quantitative estimate of drug-likeness (QED) is 0.151. The van der Waals surface area contributed by atoms with Crippen molar-refractivity contribution in [2.45, 2.75) is 101 Å². The number of halogens is 3. The molecule has 0 aromatic heterocycles. The molecule has 0 bridgehead atoms. The van der Waals surface area contributed by atoms with Crippen LogP contribution in [0, 0.1) is 0 Å². The first kappa shape index (κ1) is 37.6. The van der Waals surface area contributed by atoms with Gasteiger partial charge in [0, 0.05) is 30.2 Å². The Morgan fingerprint density at radius 1 is 0.959 bits per heavy atom. The van der Waals surface area contributed by atoms with Gasteiger partial charge in [-0.15, -0.1) is 0 Å². The number of carboxylic acid groups (broad SMARTS) is 1. The summed E-state index contributed by atoms with van der Waals surface area (Å²) in [5.41, 5.74) is 12.3. The highest BCUT2D eigenvalue weighted by Gasteiger charge is 2.41. The lowest BCUT2D eigenvalue weighted by atomic mass is 9.78. The molecule has 2 aromatic carbocycles. The van der Waals surface area contributed by atoms with Crippen molar-refractivity contribution in [2.24, 2.45) is 11.5 Å². The largest absolute Gasteiger partial charge is 0.492 e. The number of nitrogens with two attached hydrogens (primary N) is 2. The molecular formula is C32H42BF3N6O7. The van der Waals surface area contributed by atoms with Crippen LogP contribution in [0.15, 0.2) is 42.5 Å². The van der Waals surface area contributed by atoms with Crippen LogP contribution in [-0.2, 0) is 37.2 Å². The molecule has 1 heterocycles. The maximum absolute atomic E-state index is 13.6. The van der Waals surface area contributed by atoms with Crippen molar-refractivity contribution in [1.29, 1.82) is 0 Å². The van der Waals surface area contributed by atoms with E-state index >= 15 is 0 Å². The van der Waals surface area contributed by atoms with E-state index in [0.717, 1.165) is 12.1 Å². The molecule has 1 saturated carbocycles. The number of anilines is 1. The molecule has 2 aliphatic rings. The van der Waals surface area contributed by atoms with E-state index in [4.69, 9.17) is 16.1 Å². The minimum absolute atomic E-state index is 0.0743. The third-order valence-electron chi connectivity index (χ3n) is 8.70. The molecule has 0 radical (unpaired) electrons. The molecule has 0 spiro atoms. The summed E-state index contributed by atoms with van der Waals surface area (Å²) in [6.45, 7) is 3.55. The van der Waals surface area contributed by atoms with E-state index in [1.54, 1.807) is 26.0 Å². The minimum Gasteiger partial charge on any atom is -0.465 e. The van der Waals surface area contributed by atoms with Crippen molar-refractivity contribution in [3.8, 4) is 0 Å². The molecule has 266 valence electrons. The zero-order chi connectivity index (χ0) is 36.1. The average molecular weight is 691 g/mol. The van der Waals surface area contributed by atoms with Crippen LogP contribution >= 0.6 is 0 Å². The van der Waals surface area contributed by atoms with Gasteiger partial charge >= 0.3 is 19.4 Å². The molecule has 1 fully saturated rings. The summed E-state index contributed by atoms with van der Waals surface area (Å²) in [4.78, 5) is 51.2. The molecule has 13 nitrogen and oxygen atoms in total. The SMILES string of the molecule is CC1(C)OB(O)c2cc(NC(=O)[C@@H](CCc3ccc(C(F)(F)F)cc3)NC(=O)[C@H](CCC(=O)N[C@H]3C[C@H](N)C[C@H](N)C3)NC(=O)O)ccc21. The zero-order valence-corrected chi connectivity index (χ0v) is 27.2. The number of nitrogens with one attached hydrogen (secondary N) is 4. The molecule has 0 unspecified atom stereocenters. The maximum atomic E-state index is 13.6. The van der Waals surface area contributed by atoms with Crippen LogP contribution in [0.2, 0.25) is 0 Å².